The fourth-order valence-corrected chi connectivity index (χ4v) is 3.44. The van der Waals surface area contributed by atoms with Gasteiger partial charge in [0, 0.05) is 22.1 Å². The minimum atomic E-state index is -0.227. The molecule has 2 aromatic heterocycles. The maximum Gasteiger partial charge on any atom is 0.274 e. The van der Waals surface area contributed by atoms with Crippen molar-refractivity contribution in [2.75, 3.05) is 5.73 Å². The molecular weight excluding hydrogens is 322 g/mol. The fourth-order valence-electron chi connectivity index (χ4n) is 2.12. The number of fused-ring (bicyclic) bond motifs is 1. The van der Waals surface area contributed by atoms with E-state index in [-0.39, 0.29) is 22.5 Å². The zero-order valence-electron chi connectivity index (χ0n) is 11.8. The number of benzene rings is 1. The highest BCUT2D eigenvalue weighted by atomic mass is 35.5. The number of halogens is 1. The standard InChI is InChI=1S/C14H14ClN5OS/c1-8(10-4-2-3-5-11(10)15)22-7-9-6-12(21)20-14(17-9)18-13(16)19-20/h2-6,8H,7H2,1H3,(H3,16,17,18,19)/t8-/m0/s1. The Kier molecular flexibility index (Phi) is 4.08. The van der Waals surface area contributed by atoms with E-state index in [1.165, 1.54) is 10.6 Å². The van der Waals surface area contributed by atoms with E-state index < -0.39 is 0 Å². The van der Waals surface area contributed by atoms with Crippen LogP contribution in [0.2, 0.25) is 5.02 Å². The van der Waals surface area contributed by atoms with Crippen LogP contribution in [0.4, 0.5) is 5.95 Å². The van der Waals surface area contributed by atoms with Crippen LogP contribution < -0.4 is 11.3 Å². The number of nitrogens with two attached hydrogens (primary N) is 1. The molecule has 0 bridgehead atoms. The van der Waals surface area contributed by atoms with Crippen molar-refractivity contribution in [3.05, 3.63) is 57.0 Å². The van der Waals surface area contributed by atoms with Crippen LogP contribution in [-0.4, -0.2) is 19.6 Å². The minimum absolute atomic E-state index is 0.166. The third-order valence-corrected chi connectivity index (χ3v) is 4.79. The van der Waals surface area contributed by atoms with Crippen LogP contribution in [0.3, 0.4) is 0 Å². The lowest BCUT2D eigenvalue weighted by Crippen LogP contribution is -2.15. The van der Waals surface area contributed by atoms with Gasteiger partial charge in [0.25, 0.3) is 11.3 Å². The average molecular weight is 336 g/mol. The summed E-state index contributed by atoms with van der Waals surface area (Å²) in [7, 11) is 0. The van der Waals surface area contributed by atoms with Crippen molar-refractivity contribution >= 4 is 35.1 Å². The Morgan fingerprint density at radius 3 is 2.95 bits per heavy atom. The molecule has 114 valence electrons. The summed E-state index contributed by atoms with van der Waals surface area (Å²) in [6, 6.07) is 9.22. The predicted octanol–water partition coefficient (Wildman–Crippen LogP) is 2.65. The highest BCUT2D eigenvalue weighted by molar-refractivity contribution is 7.98. The van der Waals surface area contributed by atoms with Crippen molar-refractivity contribution in [2.24, 2.45) is 0 Å². The summed E-state index contributed by atoms with van der Waals surface area (Å²) in [5, 5.41) is 3.57. The molecule has 0 spiro atoms. The monoisotopic (exact) mass is 335 g/mol. The van der Waals surface area contributed by atoms with Crippen molar-refractivity contribution in [1.29, 1.82) is 0 Å². The first kappa shape index (κ1) is 14.9. The van der Waals surface area contributed by atoms with Gasteiger partial charge in [-0.3, -0.25) is 9.89 Å². The molecule has 0 saturated carbocycles. The lowest BCUT2D eigenvalue weighted by atomic mass is 10.2. The zero-order valence-corrected chi connectivity index (χ0v) is 13.4. The van der Waals surface area contributed by atoms with Crippen molar-refractivity contribution in [3.63, 3.8) is 0 Å². The second-order valence-corrected chi connectivity index (χ2v) is 6.54. The van der Waals surface area contributed by atoms with Crippen molar-refractivity contribution in [2.45, 2.75) is 17.9 Å². The molecule has 0 fully saturated rings. The van der Waals surface area contributed by atoms with Crippen LogP contribution in [0, 0.1) is 0 Å². The molecule has 0 unspecified atom stereocenters. The Bertz CT molecular complexity index is 875. The summed E-state index contributed by atoms with van der Waals surface area (Å²) in [5.74, 6) is 1.04. The van der Waals surface area contributed by atoms with E-state index in [1.54, 1.807) is 11.8 Å². The molecule has 0 amide bonds. The second-order valence-electron chi connectivity index (χ2n) is 4.80. The van der Waals surface area contributed by atoms with Crippen LogP contribution in [-0.2, 0) is 5.75 Å². The molecule has 6 nitrogen and oxygen atoms in total. The van der Waals surface area contributed by atoms with Crippen LogP contribution >= 0.6 is 23.4 Å². The van der Waals surface area contributed by atoms with Gasteiger partial charge in [0.05, 0.1) is 5.69 Å². The summed E-state index contributed by atoms with van der Waals surface area (Å²) >= 11 is 7.85. The Labute approximate surface area is 135 Å². The summed E-state index contributed by atoms with van der Waals surface area (Å²) in [6.07, 6.45) is 0. The highest BCUT2D eigenvalue weighted by Gasteiger charge is 2.12. The number of hydrogen-bond acceptors (Lipinski definition) is 5. The van der Waals surface area contributed by atoms with E-state index in [0.29, 0.717) is 11.4 Å². The molecule has 22 heavy (non-hydrogen) atoms. The molecule has 0 saturated heterocycles. The van der Waals surface area contributed by atoms with Crippen LogP contribution in [0.15, 0.2) is 35.1 Å². The van der Waals surface area contributed by atoms with Gasteiger partial charge >= 0.3 is 0 Å². The van der Waals surface area contributed by atoms with Crippen molar-refractivity contribution < 1.29 is 0 Å². The summed E-state index contributed by atoms with van der Waals surface area (Å²) in [6.45, 7) is 2.07. The summed E-state index contributed by atoms with van der Waals surface area (Å²) in [4.78, 5) is 20.3. The lowest BCUT2D eigenvalue weighted by molar-refractivity contribution is 0.890. The smallest absolute Gasteiger partial charge is 0.274 e. The molecule has 2 heterocycles. The SMILES string of the molecule is C[C@H](SCc1cc(=O)n2[nH]c(N)nc2n1)c1ccccc1Cl. The molecule has 0 aliphatic rings. The van der Waals surface area contributed by atoms with Gasteiger partial charge in [-0.25, -0.2) is 4.98 Å². The quantitative estimate of drug-likeness (QED) is 0.765. The first-order valence-electron chi connectivity index (χ1n) is 6.65. The van der Waals surface area contributed by atoms with Gasteiger partial charge in [-0.05, 0) is 18.6 Å². The lowest BCUT2D eigenvalue weighted by Gasteiger charge is -2.12. The van der Waals surface area contributed by atoms with E-state index in [1.807, 2.05) is 24.3 Å². The molecular formula is C14H14ClN5OS. The Balaban J connectivity index is 1.79. The van der Waals surface area contributed by atoms with Crippen LogP contribution in [0.25, 0.3) is 5.78 Å². The highest BCUT2D eigenvalue weighted by Crippen LogP contribution is 2.34. The number of nitrogen functional groups attached to an aromatic ring is 1. The Hall–Kier alpha value is -1.99. The maximum atomic E-state index is 11.9. The van der Waals surface area contributed by atoms with Crippen molar-refractivity contribution in [1.82, 2.24) is 19.6 Å². The number of aromatic amines is 1. The summed E-state index contributed by atoms with van der Waals surface area (Å²) in [5.41, 5.74) is 7.04. The first-order chi connectivity index (χ1) is 10.5. The van der Waals surface area contributed by atoms with E-state index in [4.69, 9.17) is 17.3 Å². The number of anilines is 1. The Morgan fingerprint density at radius 1 is 1.41 bits per heavy atom. The number of aromatic nitrogens is 4. The van der Waals surface area contributed by atoms with Crippen LogP contribution in [0.1, 0.15) is 23.4 Å². The normalized spacial score (nSPS) is 12.6. The van der Waals surface area contributed by atoms with Gasteiger partial charge in [0.15, 0.2) is 0 Å². The van der Waals surface area contributed by atoms with Crippen molar-refractivity contribution in [3.8, 4) is 0 Å². The largest absolute Gasteiger partial charge is 0.368 e. The van der Waals surface area contributed by atoms with E-state index >= 15 is 0 Å². The van der Waals surface area contributed by atoms with Gasteiger partial charge in [-0.1, -0.05) is 29.8 Å². The molecule has 3 N–H and O–H groups in total. The minimum Gasteiger partial charge on any atom is -0.368 e. The first-order valence-corrected chi connectivity index (χ1v) is 8.07. The molecule has 0 aliphatic carbocycles. The Morgan fingerprint density at radius 2 is 2.18 bits per heavy atom. The second kappa shape index (κ2) is 6.02. The van der Waals surface area contributed by atoms with Gasteiger partial charge in [0.2, 0.25) is 5.95 Å². The third kappa shape index (κ3) is 2.95. The topological polar surface area (TPSA) is 89.1 Å². The van der Waals surface area contributed by atoms with Gasteiger partial charge in [0.1, 0.15) is 0 Å². The average Bonchev–Trinajstić information content (AvgIpc) is 2.86. The number of rotatable bonds is 4. The molecule has 0 aliphatic heterocycles. The number of H-pyrrole nitrogens is 1. The van der Waals surface area contributed by atoms with Gasteiger partial charge in [-0.15, -0.1) is 11.8 Å². The number of nitrogens with zero attached hydrogens (tertiary/aromatic N) is 3. The molecule has 1 aromatic carbocycles. The fraction of sp³-hybridized carbons (Fsp3) is 0.214. The number of nitrogens with one attached hydrogen (secondary N) is 1. The van der Waals surface area contributed by atoms with E-state index in [2.05, 4.69) is 22.0 Å². The summed E-state index contributed by atoms with van der Waals surface area (Å²) < 4.78 is 1.22. The third-order valence-electron chi connectivity index (χ3n) is 3.23. The van der Waals surface area contributed by atoms with E-state index in [9.17, 15) is 4.79 Å². The van der Waals surface area contributed by atoms with E-state index in [0.717, 1.165) is 10.6 Å². The molecule has 3 aromatic rings. The number of thioether (sulfide) groups is 1. The van der Waals surface area contributed by atoms with Crippen LogP contribution in [0.5, 0.6) is 0 Å². The van der Waals surface area contributed by atoms with Gasteiger partial charge in [-0.2, -0.15) is 9.50 Å². The van der Waals surface area contributed by atoms with Gasteiger partial charge < -0.3 is 5.73 Å². The maximum absolute atomic E-state index is 11.9. The molecule has 0 radical (unpaired) electrons. The molecule has 1 atom stereocenters. The predicted molar refractivity (Wildman–Crippen MR) is 89.2 cm³/mol. The number of hydrogen-bond donors (Lipinski definition) is 2. The zero-order chi connectivity index (χ0) is 15.7. The molecule has 3 rings (SSSR count). The molecule has 8 heteroatoms.